The molecule has 0 spiro atoms. The maximum atomic E-state index is 4.07. The van der Waals surface area contributed by atoms with E-state index in [2.05, 4.69) is 11.9 Å². The van der Waals surface area contributed by atoms with Gasteiger partial charge < -0.3 is 0 Å². The van der Waals surface area contributed by atoms with Crippen molar-refractivity contribution in [3.05, 3.63) is 0 Å². The highest BCUT2D eigenvalue weighted by Gasteiger charge is 2.00. The monoisotopic (exact) mass is 101 g/mol. The first-order chi connectivity index (χ1) is 2.89. The summed E-state index contributed by atoms with van der Waals surface area (Å²) in [5.41, 5.74) is 0. The molecule has 1 atom stereocenters. The number of rotatable bonds is 0. The van der Waals surface area contributed by atoms with Gasteiger partial charge >= 0.3 is 0 Å². The zero-order valence-corrected chi connectivity index (χ0v) is 4.53. The minimum Gasteiger partial charge on any atom is -0.283 e. The van der Waals surface area contributed by atoms with Crippen molar-refractivity contribution in [1.82, 2.24) is 0 Å². The lowest BCUT2D eigenvalue weighted by Crippen LogP contribution is -1.79. The Morgan fingerprint density at radius 3 is 3.00 bits per heavy atom. The molecule has 0 aromatic heterocycles. The van der Waals surface area contributed by atoms with E-state index >= 15 is 0 Å². The molecule has 0 saturated carbocycles. The molecule has 0 bridgehead atoms. The smallest absolute Gasteiger partial charge is 0.0923 e. The number of hydrogen-bond donors (Lipinski definition) is 0. The number of hydrogen-bond acceptors (Lipinski definition) is 2. The first kappa shape index (κ1) is 4.19. The number of thioether (sulfide) groups is 1. The van der Waals surface area contributed by atoms with Crippen LogP contribution in [0.4, 0.5) is 0 Å². The molecule has 1 heterocycles. The summed E-state index contributed by atoms with van der Waals surface area (Å²) in [4.78, 5) is 4.07. The Balaban J connectivity index is 2.38. The van der Waals surface area contributed by atoms with Gasteiger partial charge in [0.15, 0.2) is 0 Å². The Hall–Kier alpha value is 0.0200. The van der Waals surface area contributed by atoms with E-state index in [0.29, 0.717) is 5.37 Å². The summed E-state index contributed by atoms with van der Waals surface area (Å²) in [7, 11) is 0. The van der Waals surface area contributed by atoms with Crippen molar-refractivity contribution in [1.29, 1.82) is 0 Å². The molecule has 1 nitrogen and oxygen atoms in total. The average Bonchev–Trinajstić information content (AvgIpc) is 1.86. The summed E-state index contributed by atoms with van der Waals surface area (Å²) < 4.78 is 0. The fourth-order valence-electron chi connectivity index (χ4n) is 0.417. The van der Waals surface area contributed by atoms with Gasteiger partial charge in [-0.1, -0.05) is 0 Å². The van der Waals surface area contributed by atoms with Crippen molar-refractivity contribution < 1.29 is 0 Å². The fourth-order valence-corrected chi connectivity index (χ4v) is 1.04. The lowest BCUT2D eigenvalue weighted by Gasteiger charge is -1.88. The van der Waals surface area contributed by atoms with E-state index in [0.717, 1.165) is 5.75 Å². The van der Waals surface area contributed by atoms with E-state index in [1.807, 2.05) is 18.0 Å². The molecule has 0 radical (unpaired) electrons. The Kier molecular flexibility index (Phi) is 1.15. The quantitative estimate of drug-likeness (QED) is 0.446. The highest BCUT2D eigenvalue weighted by atomic mass is 32.2. The van der Waals surface area contributed by atoms with Gasteiger partial charge in [0.2, 0.25) is 0 Å². The van der Waals surface area contributed by atoms with Gasteiger partial charge in [0.05, 0.1) is 5.37 Å². The summed E-state index contributed by atoms with van der Waals surface area (Å²) in [6, 6.07) is 0. The molecule has 0 fully saturated rings. The molecule has 1 aliphatic heterocycles. The molecule has 0 N–H and O–H groups in total. The SMILES string of the molecule is C[C@H]1N=CCS1. The molecule has 6 heavy (non-hydrogen) atoms. The summed E-state index contributed by atoms with van der Waals surface area (Å²) in [6.45, 7) is 2.11. The van der Waals surface area contributed by atoms with Crippen LogP contribution in [-0.2, 0) is 0 Å². The second-order valence-electron chi connectivity index (χ2n) is 1.26. The van der Waals surface area contributed by atoms with Crippen LogP contribution in [-0.4, -0.2) is 17.3 Å². The second-order valence-corrected chi connectivity index (χ2v) is 2.61. The molecule has 0 aromatic rings. The zero-order valence-electron chi connectivity index (χ0n) is 3.72. The standard InChI is InChI=1S/C4H7NS/c1-4-5-2-3-6-4/h2,4H,3H2,1H3/t4-/m0/s1. The van der Waals surface area contributed by atoms with E-state index in [1.165, 1.54) is 0 Å². The molecular weight excluding hydrogens is 94.1 g/mol. The number of nitrogens with zero attached hydrogens (tertiary/aromatic N) is 1. The van der Waals surface area contributed by atoms with Crippen LogP contribution in [0, 0.1) is 0 Å². The zero-order chi connectivity index (χ0) is 4.41. The van der Waals surface area contributed by atoms with Crippen LogP contribution < -0.4 is 0 Å². The van der Waals surface area contributed by atoms with Crippen LogP contribution in [0.2, 0.25) is 0 Å². The van der Waals surface area contributed by atoms with Gasteiger partial charge in [0.25, 0.3) is 0 Å². The molecule has 1 aliphatic rings. The first-order valence-corrected chi connectivity index (χ1v) is 3.08. The van der Waals surface area contributed by atoms with Crippen molar-refractivity contribution in [2.24, 2.45) is 4.99 Å². The van der Waals surface area contributed by atoms with E-state index in [1.54, 1.807) is 0 Å². The van der Waals surface area contributed by atoms with Crippen molar-refractivity contribution in [3.8, 4) is 0 Å². The topological polar surface area (TPSA) is 12.4 Å². The summed E-state index contributed by atoms with van der Waals surface area (Å²) in [5.74, 6) is 1.11. The largest absolute Gasteiger partial charge is 0.283 e. The van der Waals surface area contributed by atoms with Crippen LogP contribution in [0.3, 0.4) is 0 Å². The van der Waals surface area contributed by atoms with Crippen LogP contribution >= 0.6 is 11.8 Å². The van der Waals surface area contributed by atoms with Crippen LogP contribution in [0.1, 0.15) is 6.92 Å². The van der Waals surface area contributed by atoms with Gasteiger partial charge in [0.1, 0.15) is 0 Å². The molecule has 0 aliphatic carbocycles. The molecule has 2 heteroatoms. The summed E-state index contributed by atoms with van der Waals surface area (Å²) >= 11 is 1.87. The fraction of sp³-hybridized carbons (Fsp3) is 0.750. The maximum Gasteiger partial charge on any atom is 0.0923 e. The average molecular weight is 101 g/mol. The van der Waals surface area contributed by atoms with Gasteiger partial charge in [-0.15, -0.1) is 11.8 Å². The highest BCUT2D eigenvalue weighted by molar-refractivity contribution is 8.00. The second kappa shape index (κ2) is 1.65. The van der Waals surface area contributed by atoms with Gasteiger partial charge in [-0.3, -0.25) is 4.99 Å². The molecule has 34 valence electrons. The van der Waals surface area contributed by atoms with E-state index < -0.39 is 0 Å². The summed E-state index contributed by atoms with van der Waals surface area (Å²) in [5, 5.41) is 0.532. The number of aliphatic imine (C=N–C) groups is 1. The molecule has 0 saturated heterocycles. The van der Waals surface area contributed by atoms with E-state index in [-0.39, 0.29) is 0 Å². The van der Waals surface area contributed by atoms with Crippen molar-refractivity contribution >= 4 is 18.0 Å². The molecule has 0 amide bonds. The van der Waals surface area contributed by atoms with Crippen molar-refractivity contribution in [2.45, 2.75) is 12.3 Å². The Labute approximate surface area is 41.8 Å². The predicted octanol–water partition coefficient (Wildman–Crippen LogP) is 1.15. The first-order valence-electron chi connectivity index (χ1n) is 2.03. The lowest BCUT2D eigenvalue weighted by atomic mass is 10.8. The van der Waals surface area contributed by atoms with Gasteiger partial charge in [-0.25, -0.2) is 0 Å². The van der Waals surface area contributed by atoms with Crippen LogP contribution in [0.15, 0.2) is 4.99 Å². The third-order valence-electron chi connectivity index (χ3n) is 0.727. The molecule has 0 aromatic carbocycles. The van der Waals surface area contributed by atoms with Crippen molar-refractivity contribution in [3.63, 3.8) is 0 Å². The van der Waals surface area contributed by atoms with Gasteiger partial charge in [-0.2, -0.15) is 0 Å². The lowest BCUT2D eigenvalue weighted by molar-refractivity contribution is 1.07. The van der Waals surface area contributed by atoms with Crippen LogP contribution in [0.5, 0.6) is 0 Å². The third kappa shape index (κ3) is 0.744. The van der Waals surface area contributed by atoms with Crippen LogP contribution in [0.25, 0.3) is 0 Å². The minimum absolute atomic E-state index is 0.532. The van der Waals surface area contributed by atoms with E-state index in [4.69, 9.17) is 0 Å². The molecular formula is C4H7NS. The Bertz CT molecular complexity index is 69.9. The summed E-state index contributed by atoms with van der Waals surface area (Å²) in [6.07, 6.45) is 1.97. The normalized spacial score (nSPS) is 31.8. The molecule has 0 unspecified atom stereocenters. The predicted molar refractivity (Wildman–Crippen MR) is 30.4 cm³/mol. The third-order valence-corrected chi connectivity index (χ3v) is 1.67. The molecule has 1 rings (SSSR count). The van der Waals surface area contributed by atoms with E-state index in [9.17, 15) is 0 Å². The Morgan fingerprint density at radius 1 is 2.00 bits per heavy atom. The highest BCUT2D eigenvalue weighted by Crippen LogP contribution is 2.14. The minimum atomic E-state index is 0.532. The van der Waals surface area contributed by atoms with Gasteiger partial charge in [-0.05, 0) is 6.92 Å². The maximum absolute atomic E-state index is 4.07. The Morgan fingerprint density at radius 2 is 2.83 bits per heavy atom. The van der Waals surface area contributed by atoms with Gasteiger partial charge in [0, 0.05) is 12.0 Å². The van der Waals surface area contributed by atoms with Crippen molar-refractivity contribution in [2.75, 3.05) is 5.75 Å².